The largest absolute Gasteiger partial charge is 0.399 e. The van der Waals surface area contributed by atoms with Crippen molar-refractivity contribution < 1.29 is 4.79 Å². The monoisotopic (exact) mass is 342 g/mol. The summed E-state index contributed by atoms with van der Waals surface area (Å²) < 4.78 is 2.02. The number of rotatable bonds is 3. The molecule has 0 unspecified atom stereocenters. The van der Waals surface area contributed by atoms with Crippen LogP contribution in [0.15, 0.2) is 35.3 Å². The van der Waals surface area contributed by atoms with Crippen molar-refractivity contribution in [1.29, 1.82) is 0 Å². The van der Waals surface area contributed by atoms with Crippen LogP contribution in [0.2, 0.25) is 0 Å². The molecule has 0 bridgehead atoms. The van der Waals surface area contributed by atoms with Crippen molar-refractivity contribution in [1.82, 2.24) is 9.88 Å². The zero-order chi connectivity index (χ0) is 17.4. The van der Waals surface area contributed by atoms with Crippen LogP contribution in [0, 0.1) is 0 Å². The van der Waals surface area contributed by atoms with Gasteiger partial charge in [-0.15, -0.1) is 11.3 Å². The Kier molecular flexibility index (Phi) is 4.02. The van der Waals surface area contributed by atoms with Crippen LogP contribution in [-0.2, 0) is 7.05 Å². The van der Waals surface area contributed by atoms with Gasteiger partial charge in [-0.05, 0) is 31.2 Å². The number of thiophene rings is 1. The molecule has 0 radical (unpaired) electrons. The number of pyridine rings is 1. The molecule has 7 heteroatoms. The molecular weight excluding hydrogens is 324 g/mol. The van der Waals surface area contributed by atoms with Gasteiger partial charge in [0.05, 0.1) is 4.88 Å². The second-order valence-electron chi connectivity index (χ2n) is 5.52. The molecule has 1 aromatic carbocycles. The number of nitrogens with zero attached hydrogens (tertiary/aromatic N) is 1. The van der Waals surface area contributed by atoms with E-state index >= 15 is 0 Å². The van der Waals surface area contributed by atoms with Crippen molar-refractivity contribution >= 4 is 38.7 Å². The minimum Gasteiger partial charge on any atom is -0.399 e. The number of aromatic nitrogens is 1. The van der Waals surface area contributed by atoms with E-state index in [0.29, 0.717) is 32.9 Å². The summed E-state index contributed by atoms with van der Waals surface area (Å²) >= 11 is 1.19. The van der Waals surface area contributed by atoms with Crippen molar-refractivity contribution in [2.24, 2.45) is 7.05 Å². The molecule has 0 aliphatic heterocycles. The third-order valence-electron chi connectivity index (χ3n) is 3.79. The summed E-state index contributed by atoms with van der Waals surface area (Å²) in [4.78, 5) is 25.1. The number of fused-ring (bicyclic) bond motifs is 1. The molecule has 2 heterocycles. The third-order valence-corrected chi connectivity index (χ3v) is 4.91. The number of hydrogen-bond acceptors (Lipinski definition) is 5. The molecule has 0 atom stereocenters. The number of aryl methyl sites for hydroxylation is 1. The minimum absolute atomic E-state index is 0.142. The summed E-state index contributed by atoms with van der Waals surface area (Å²) in [5.74, 6) is -0.188. The van der Waals surface area contributed by atoms with Crippen LogP contribution in [0.5, 0.6) is 0 Å². The number of carbonyl (C=O) groups is 1. The van der Waals surface area contributed by atoms with Crippen molar-refractivity contribution in [3.8, 4) is 11.1 Å². The van der Waals surface area contributed by atoms with E-state index in [4.69, 9.17) is 11.5 Å². The van der Waals surface area contributed by atoms with Gasteiger partial charge in [-0.2, -0.15) is 0 Å². The predicted molar refractivity (Wildman–Crippen MR) is 99.3 cm³/mol. The molecule has 6 nitrogen and oxygen atoms in total. The molecule has 0 spiro atoms. The first-order valence-electron chi connectivity index (χ1n) is 7.49. The van der Waals surface area contributed by atoms with Crippen LogP contribution >= 0.6 is 11.3 Å². The van der Waals surface area contributed by atoms with E-state index in [-0.39, 0.29) is 11.5 Å². The van der Waals surface area contributed by atoms with Gasteiger partial charge in [0.15, 0.2) is 0 Å². The van der Waals surface area contributed by atoms with E-state index in [1.165, 1.54) is 15.9 Å². The maximum Gasteiger partial charge on any atom is 0.268 e. The fourth-order valence-electron chi connectivity index (χ4n) is 2.61. The van der Waals surface area contributed by atoms with Gasteiger partial charge in [0.1, 0.15) is 4.70 Å². The summed E-state index contributed by atoms with van der Waals surface area (Å²) in [6.07, 6.45) is 1.73. The number of nitrogen functional groups attached to an aromatic ring is 2. The average Bonchev–Trinajstić information content (AvgIpc) is 2.99. The Balaban J connectivity index is 2.32. The number of hydrogen-bond donors (Lipinski definition) is 3. The minimum atomic E-state index is -0.188. The van der Waals surface area contributed by atoms with Gasteiger partial charge in [-0.3, -0.25) is 9.59 Å². The highest BCUT2D eigenvalue weighted by Gasteiger charge is 2.17. The Morgan fingerprint density at radius 1 is 1.25 bits per heavy atom. The highest BCUT2D eigenvalue weighted by Crippen LogP contribution is 2.35. The average molecular weight is 342 g/mol. The Morgan fingerprint density at radius 2 is 2.00 bits per heavy atom. The highest BCUT2D eigenvalue weighted by atomic mass is 32.1. The van der Waals surface area contributed by atoms with Crippen molar-refractivity contribution in [2.75, 3.05) is 18.0 Å². The molecule has 24 heavy (non-hydrogen) atoms. The van der Waals surface area contributed by atoms with Gasteiger partial charge in [-0.25, -0.2) is 0 Å². The molecular formula is C17H18N4O2S. The molecule has 124 valence electrons. The molecule has 3 rings (SSSR count). The van der Waals surface area contributed by atoms with Gasteiger partial charge < -0.3 is 21.4 Å². The van der Waals surface area contributed by atoms with Gasteiger partial charge >= 0.3 is 0 Å². The summed E-state index contributed by atoms with van der Waals surface area (Å²) in [6, 6.07) is 6.98. The smallest absolute Gasteiger partial charge is 0.268 e. The molecule has 0 aliphatic carbocycles. The lowest BCUT2D eigenvalue weighted by molar-refractivity contribution is 0.0960. The topological polar surface area (TPSA) is 103 Å². The van der Waals surface area contributed by atoms with Crippen LogP contribution in [0.4, 0.5) is 11.4 Å². The molecule has 0 fully saturated rings. The van der Waals surface area contributed by atoms with Crippen molar-refractivity contribution in [2.45, 2.75) is 6.92 Å². The number of amides is 1. The van der Waals surface area contributed by atoms with Crippen LogP contribution in [0.25, 0.3) is 21.2 Å². The second kappa shape index (κ2) is 6.01. The highest BCUT2D eigenvalue weighted by molar-refractivity contribution is 7.20. The third kappa shape index (κ3) is 2.63. The zero-order valence-corrected chi connectivity index (χ0v) is 14.2. The molecule has 5 N–H and O–H groups in total. The van der Waals surface area contributed by atoms with Gasteiger partial charge in [0.2, 0.25) is 0 Å². The SMILES string of the molecule is CCNC(=O)c1cc2c(-c3cc(N)ccc3N)cn(C)c(=O)c2s1. The summed E-state index contributed by atoms with van der Waals surface area (Å²) in [5.41, 5.74) is 14.5. The summed E-state index contributed by atoms with van der Waals surface area (Å²) in [6.45, 7) is 2.38. The first-order valence-corrected chi connectivity index (χ1v) is 8.30. The molecule has 2 aromatic heterocycles. The maximum absolute atomic E-state index is 12.4. The number of nitrogens with two attached hydrogens (primary N) is 2. The van der Waals surface area contributed by atoms with Gasteiger partial charge in [0.25, 0.3) is 11.5 Å². The lowest BCUT2D eigenvalue weighted by atomic mass is 10.0. The molecule has 0 aliphatic rings. The number of carbonyl (C=O) groups excluding carboxylic acids is 1. The lowest BCUT2D eigenvalue weighted by Gasteiger charge is -2.10. The van der Waals surface area contributed by atoms with Gasteiger partial charge in [0, 0.05) is 47.7 Å². The number of nitrogens with one attached hydrogen (secondary N) is 1. The quantitative estimate of drug-likeness (QED) is 0.635. The molecule has 1 amide bonds. The van der Waals surface area contributed by atoms with Crippen LogP contribution in [0.1, 0.15) is 16.6 Å². The first kappa shape index (κ1) is 16.1. The van der Waals surface area contributed by atoms with E-state index in [2.05, 4.69) is 5.32 Å². The predicted octanol–water partition coefficient (Wildman–Crippen LogP) is 2.18. The zero-order valence-electron chi connectivity index (χ0n) is 13.4. The maximum atomic E-state index is 12.4. The normalized spacial score (nSPS) is 10.9. The van der Waals surface area contributed by atoms with Crippen LogP contribution < -0.4 is 22.3 Å². The van der Waals surface area contributed by atoms with E-state index in [0.717, 1.165) is 11.1 Å². The summed E-state index contributed by atoms with van der Waals surface area (Å²) in [5, 5.41) is 3.46. The molecule has 3 aromatic rings. The number of anilines is 2. The number of benzene rings is 1. The van der Waals surface area contributed by atoms with E-state index in [9.17, 15) is 9.59 Å². The first-order chi connectivity index (χ1) is 11.4. The van der Waals surface area contributed by atoms with E-state index < -0.39 is 0 Å². The van der Waals surface area contributed by atoms with Gasteiger partial charge in [-0.1, -0.05) is 0 Å². The Morgan fingerprint density at radius 3 is 2.71 bits per heavy atom. The fourth-order valence-corrected chi connectivity index (χ4v) is 3.68. The Bertz CT molecular complexity index is 1000. The van der Waals surface area contributed by atoms with Crippen LogP contribution in [0.3, 0.4) is 0 Å². The Hall–Kier alpha value is -2.80. The summed E-state index contributed by atoms with van der Waals surface area (Å²) in [7, 11) is 1.68. The van der Waals surface area contributed by atoms with Crippen molar-refractivity contribution in [3.63, 3.8) is 0 Å². The fraction of sp³-hybridized carbons (Fsp3) is 0.176. The molecule has 0 saturated heterocycles. The lowest BCUT2D eigenvalue weighted by Crippen LogP contribution is -2.21. The Labute approximate surface area is 142 Å². The van der Waals surface area contributed by atoms with E-state index in [1.807, 2.05) is 6.92 Å². The second-order valence-corrected chi connectivity index (χ2v) is 6.57. The molecule has 0 saturated carbocycles. The standard InChI is InChI=1S/C17H18N4O2S/c1-3-20-16(22)14-7-11-12(8-21(2)17(23)15(11)24-14)10-6-9(18)4-5-13(10)19/h4-8H,3,18-19H2,1-2H3,(H,20,22). The van der Waals surface area contributed by atoms with Crippen LogP contribution in [-0.4, -0.2) is 17.0 Å². The van der Waals surface area contributed by atoms with E-state index in [1.54, 1.807) is 37.5 Å². The van der Waals surface area contributed by atoms with Crippen molar-refractivity contribution in [3.05, 3.63) is 45.7 Å².